The van der Waals surface area contributed by atoms with Crippen LogP contribution in [0.25, 0.3) is 0 Å². The lowest BCUT2D eigenvalue weighted by atomic mass is 10.3. The molecule has 0 radical (unpaired) electrons. The van der Waals surface area contributed by atoms with E-state index in [2.05, 4.69) is 16.0 Å². The van der Waals surface area contributed by atoms with Crippen molar-refractivity contribution in [1.29, 1.82) is 0 Å². The first kappa shape index (κ1) is 12.7. The third-order valence-electron chi connectivity index (χ3n) is 1.63. The SMILES string of the molecule is CCCNC(=O)C(C)NC(=O)NCC. The Balaban J connectivity index is 3.76. The van der Waals surface area contributed by atoms with Gasteiger partial charge in [-0.2, -0.15) is 0 Å². The maximum Gasteiger partial charge on any atom is 0.315 e. The molecule has 0 aromatic carbocycles. The number of urea groups is 1. The van der Waals surface area contributed by atoms with Crippen molar-refractivity contribution >= 4 is 11.9 Å². The average molecular weight is 201 g/mol. The van der Waals surface area contributed by atoms with Gasteiger partial charge >= 0.3 is 6.03 Å². The molecule has 0 spiro atoms. The maximum atomic E-state index is 11.3. The van der Waals surface area contributed by atoms with Crippen LogP contribution in [0.3, 0.4) is 0 Å². The largest absolute Gasteiger partial charge is 0.354 e. The van der Waals surface area contributed by atoms with Gasteiger partial charge < -0.3 is 16.0 Å². The molecule has 0 rings (SSSR count). The summed E-state index contributed by atoms with van der Waals surface area (Å²) >= 11 is 0. The van der Waals surface area contributed by atoms with Gasteiger partial charge in [-0.25, -0.2) is 4.79 Å². The number of carbonyl (C=O) groups excluding carboxylic acids is 2. The van der Waals surface area contributed by atoms with Crippen LogP contribution in [0.5, 0.6) is 0 Å². The quantitative estimate of drug-likeness (QED) is 0.595. The van der Waals surface area contributed by atoms with E-state index in [1.165, 1.54) is 0 Å². The van der Waals surface area contributed by atoms with Crippen molar-refractivity contribution in [1.82, 2.24) is 16.0 Å². The fraction of sp³-hybridized carbons (Fsp3) is 0.778. The molecule has 3 amide bonds. The summed E-state index contributed by atoms with van der Waals surface area (Å²) in [7, 11) is 0. The third-order valence-corrected chi connectivity index (χ3v) is 1.63. The van der Waals surface area contributed by atoms with Crippen LogP contribution in [0.1, 0.15) is 27.2 Å². The lowest BCUT2D eigenvalue weighted by molar-refractivity contribution is -0.122. The molecule has 0 aliphatic carbocycles. The van der Waals surface area contributed by atoms with Crippen LogP contribution in [0.2, 0.25) is 0 Å². The van der Waals surface area contributed by atoms with Crippen LogP contribution in [0, 0.1) is 0 Å². The number of amides is 3. The molecule has 1 unspecified atom stereocenters. The Morgan fingerprint density at radius 1 is 1.21 bits per heavy atom. The fourth-order valence-corrected chi connectivity index (χ4v) is 0.875. The molecule has 0 saturated carbocycles. The van der Waals surface area contributed by atoms with Gasteiger partial charge in [-0.1, -0.05) is 6.92 Å². The van der Waals surface area contributed by atoms with Crippen molar-refractivity contribution in [2.45, 2.75) is 33.2 Å². The number of carbonyl (C=O) groups is 2. The van der Waals surface area contributed by atoms with Gasteiger partial charge in [-0.05, 0) is 20.3 Å². The zero-order valence-electron chi connectivity index (χ0n) is 9.02. The molecule has 0 aliphatic rings. The molecule has 0 aliphatic heterocycles. The van der Waals surface area contributed by atoms with Crippen molar-refractivity contribution in [2.75, 3.05) is 13.1 Å². The second kappa shape index (κ2) is 7.17. The fourth-order valence-electron chi connectivity index (χ4n) is 0.875. The zero-order valence-corrected chi connectivity index (χ0v) is 9.02. The van der Waals surface area contributed by atoms with E-state index in [0.29, 0.717) is 13.1 Å². The summed E-state index contributed by atoms with van der Waals surface area (Å²) in [6.07, 6.45) is 0.889. The standard InChI is InChI=1S/C9H19N3O2/c1-4-6-11-8(13)7(3)12-9(14)10-5-2/h7H,4-6H2,1-3H3,(H,11,13)(H2,10,12,14). The average Bonchev–Trinajstić information content (AvgIpc) is 2.14. The Hall–Kier alpha value is -1.26. The summed E-state index contributed by atoms with van der Waals surface area (Å²) in [5, 5.41) is 7.78. The zero-order chi connectivity index (χ0) is 11.0. The topological polar surface area (TPSA) is 70.2 Å². The molecule has 5 nitrogen and oxygen atoms in total. The molecule has 0 aromatic rings. The van der Waals surface area contributed by atoms with E-state index < -0.39 is 6.04 Å². The Morgan fingerprint density at radius 2 is 1.86 bits per heavy atom. The Morgan fingerprint density at radius 3 is 2.36 bits per heavy atom. The van der Waals surface area contributed by atoms with E-state index in [9.17, 15) is 9.59 Å². The van der Waals surface area contributed by atoms with Gasteiger partial charge in [-0.3, -0.25) is 4.79 Å². The van der Waals surface area contributed by atoms with Crippen LogP contribution >= 0.6 is 0 Å². The van der Waals surface area contributed by atoms with Crippen LogP contribution < -0.4 is 16.0 Å². The first-order valence-electron chi connectivity index (χ1n) is 4.93. The van der Waals surface area contributed by atoms with Gasteiger partial charge in [-0.15, -0.1) is 0 Å². The minimum absolute atomic E-state index is 0.155. The smallest absolute Gasteiger partial charge is 0.315 e. The van der Waals surface area contributed by atoms with Gasteiger partial charge in [0, 0.05) is 13.1 Å². The lowest BCUT2D eigenvalue weighted by Gasteiger charge is -2.13. The number of rotatable bonds is 5. The maximum absolute atomic E-state index is 11.3. The number of hydrogen-bond acceptors (Lipinski definition) is 2. The normalized spacial score (nSPS) is 11.6. The summed E-state index contributed by atoms with van der Waals surface area (Å²) in [5.41, 5.74) is 0. The van der Waals surface area contributed by atoms with Crippen LogP contribution in [-0.4, -0.2) is 31.1 Å². The molecular weight excluding hydrogens is 182 g/mol. The van der Waals surface area contributed by atoms with Crippen LogP contribution in [0.15, 0.2) is 0 Å². The van der Waals surface area contributed by atoms with E-state index in [1.54, 1.807) is 6.92 Å². The summed E-state index contributed by atoms with van der Waals surface area (Å²) in [4.78, 5) is 22.3. The first-order chi connectivity index (χ1) is 6.61. The van der Waals surface area contributed by atoms with Gasteiger partial charge in [0.2, 0.25) is 5.91 Å². The number of nitrogens with one attached hydrogen (secondary N) is 3. The van der Waals surface area contributed by atoms with Gasteiger partial charge in [0.15, 0.2) is 0 Å². The van der Waals surface area contributed by atoms with Crippen molar-refractivity contribution in [3.63, 3.8) is 0 Å². The van der Waals surface area contributed by atoms with Crippen LogP contribution in [-0.2, 0) is 4.79 Å². The molecule has 0 bridgehead atoms. The molecular formula is C9H19N3O2. The summed E-state index contributed by atoms with van der Waals surface area (Å²) in [6, 6.07) is -0.806. The summed E-state index contributed by atoms with van der Waals surface area (Å²) in [5.74, 6) is -0.155. The molecule has 0 heterocycles. The highest BCUT2D eigenvalue weighted by molar-refractivity contribution is 5.86. The lowest BCUT2D eigenvalue weighted by Crippen LogP contribution is -2.48. The second-order valence-electron chi connectivity index (χ2n) is 3.02. The van der Waals surface area contributed by atoms with E-state index in [0.717, 1.165) is 6.42 Å². The molecule has 1 atom stereocenters. The highest BCUT2D eigenvalue weighted by Gasteiger charge is 2.13. The Kier molecular flexibility index (Phi) is 6.53. The number of hydrogen-bond donors (Lipinski definition) is 3. The second-order valence-corrected chi connectivity index (χ2v) is 3.02. The van der Waals surface area contributed by atoms with Gasteiger partial charge in [0.05, 0.1) is 0 Å². The van der Waals surface area contributed by atoms with E-state index in [-0.39, 0.29) is 11.9 Å². The first-order valence-corrected chi connectivity index (χ1v) is 4.93. The highest BCUT2D eigenvalue weighted by atomic mass is 16.2. The molecule has 3 N–H and O–H groups in total. The highest BCUT2D eigenvalue weighted by Crippen LogP contribution is 1.82. The third kappa shape index (κ3) is 5.40. The van der Waals surface area contributed by atoms with Crippen LogP contribution in [0.4, 0.5) is 4.79 Å². The van der Waals surface area contributed by atoms with E-state index >= 15 is 0 Å². The predicted octanol–water partition coefficient (Wildman–Crippen LogP) is 0.220. The van der Waals surface area contributed by atoms with E-state index in [4.69, 9.17) is 0 Å². The molecule has 82 valence electrons. The molecule has 0 aromatic heterocycles. The predicted molar refractivity (Wildman–Crippen MR) is 55.0 cm³/mol. The summed E-state index contributed by atoms with van der Waals surface area (Å²) < 4.78 is 0. The Bertz CT molecular complexity index is 194. The van der Waals surface area contributed by atoms with Crippen molar-refractivity contribution in [3.05, 3.63) is 0 Å². The minimum atomic E-state index is -0.493. The molecule has 0 saturated heterocycles. The van der Waals surface area contributed by atoms with E-state index in [1.807, 2.05) is 13.8 Å². The monoisotopic (exact) mass is 201 g/mol. The van der Waals surface area contributed by atoms with Crippen molar-refractivity contribution in [3.8, 4) is 0 Å². The molecule has 5 heteroatoms. The minimum Gasteiger partial charge on any atom is -0.354 e. The van der Waals surface area contributed by atoms with Crippen molar-refractivity contribution < 1.29 is 9.59 Å². The summed E-state index contributed by atoms with van der Waals surface area (Å²) in [6.45, 7) is 6.64. The Labute approximate surface area is 84.6 Å². The van der Waals surface area contributed by atoms with Crippen molar-refractivity contribution in [2.24, 2.45) is 0 Å². The van der Waals surface area contributed by atoms with Gasteiger partial charge in [0.25, 0.3) is 0 Å². The molecule has 14 heavy (non-hydrogen) atoms. The van der Waals surface area contributed by atoms with Gasteiger partial charge in [0.1, 0.15) is 6.04 Å². The molecule has 0 fully saturated rings.